The normalized spacial score (nSPS) is 9.90. The molecule has 0 radical (unpaired) electrons. The minimum atomic E-state index is -0.879. The number of ether oxygens (including phenoxy) is 2. The van der Waals surface area contributed by atoms with E-state index >= 15 is 0 Å². The van der Waals surface area contributed by atoms with Crippen LogP contribution >= 0.6 is 0 Å². The molecule has 0 spiro atoms. The number of methoxy groups -OCH3 is 2. The molecule has 0 saturated carbocycles. The first kappa shape index (κ1) is 15.3. The number of nitrogens with one attached hydrogen (secondary N) is 1. The van der Waals surface area contributed by atoms with Crippen LogP contribution in [0.5, 0.6) is 11.5 Å². The van der Waals surface area contributed by atoms with Gasteiger partial charge in [0, 0.05) is 11.5 Å². The molecule has 1 aromatic carbocycles. The maximum absolute atomic E-state index is 11.7. The number of nitrogens with two attached hydrogens (primary N) is 2. The summed E-state index contributed by atoms with van der Waals surface area (Å²) >= 11 is 0. The second-order valence-electron chi connectivity index (χ2n) is 3.86. The first-order valence-electron chi connectivity index (χ1n) is 5.37. The standard InChI is InChI=1S/C12H13N3O4.H2O/c1-18-7-3-5-6(4-8(7)19-2)15-12(17)9(10(5)13)11(14)16;/h3-4H,1-2H3,(H2,14,16)(H3,13,15,17);1H2. The zero-order valence-corrected chi connectivity index (χ0v) is 10.9. The molecule has 20 heavy (non-hydrogen) atoms. The van der Waals surface area contributed by atoms with Gasteiger partial charge in [-0.3, -0.25) is 9.59 Å². The summed E-state index contributed by atoms with van der Waals surface area (Å²) in [6.07, 6.45) is 0. The van der Waals surface area contributed by atoms with Crippen molar-refractivity contribution in [1.82, 2.24) is 4.98 Å². The van der Waals surface area contributed by atoms with Gasteiger partial charge in [-0.15, -0.1) is 0 Å². The number of pyridine rings is 1. The summed E-state index contributed by atoms with van der Waals surface area (Å²) in [6.45, 7) is 0. The van der Waals surface area contributed by atoms with E-state index in [4.69, 9.17) is 20.9 Å². The van der Waals surface area contributed by atoms with Crippen molar-refractivity contribution < 1.29 is 19.7 Å². The smallest absolute Gasteiger partial charge is 0.263 e. The van der Waals surface area contributed by atoms with Crippen LogP contribution in [0.1, 0.15) is 10.4 Å². The summed E-state index contributed by atoms with van der Waals surface area (Å²) in [5, 5.41) is 0.464. The Labute approximate surface area is 113 Å². The molecule has 2 aromatic rings. The second-order valence-corrected chi connectivity index (χ2v) is 3.86. The largest absolute Gasteiger partial charge is 0.493 e. The summed E-state index contributed by atoms with van der Waals surface area (Å²) in [6, 6.07) is 3.14. The fourth-order valence-corrected chi connectivity index (χ4v) is 1.89. The molecule has 0 fully saturated rings. The maximum atomic E-state index is 11.7. The Bertz CT molecular complexity index is 723. The lowest BCUT2D eigenvalue weighted by Crippen LogP contribution is -2.25. The van der Waals surface area contributed by atoms with E-state index in [1.54, 1.807) is 12.1 Å². The van der Waals surface area contributed by atoms with Gasteiger partial charge in [0.2, 0.25) is 0 Å². The number of anilines is 1. The van der Waals surface area contributed by atoms with Gasteiger partial charge in [0.25, 0.3) is 11.5 Å². The molecular formula is C12H15N3O5. The highest BCUT2D eigenvalue weighted by Gasteiger charge is 2.17. The van der Waals surface area contributed by atoms with E-state index in [1.807, 2.05) is 0 Å². The van der Waals surface area contributed by atoms with Crippen molar-refractivity contribution in [2.45, 2.75) is 0 Å². The highest BCUT2D eigenvalue weighted by molar-refractivity contribution is 6.06. The Balaban J connectivity index is 0.00000200. The first-order valence-corrected chi connectivity index (χ1v) is 5.37. The van der Waals surface area contributed by atoms with Crippen molar-refractivity contribution in [2.24, 2.45) is 5.73 Å². The van der Waals surface area contributed by atoms with Gasteiger partial charge in [-0.25, -0.2) is 0 Å². The van der Waals surface area contributed by atoms with E-state index in [0.29, 0.717) is 22.4 Å². The number of primary amides is 1. The van der Waals surface area contributed by atoms with E-state index in [1.165, 1.54) is 14.2 Å². The third-order valence-corrected chi connectivity index (χ3v) is 2.80. The molecule has 2 rings (SSSR count). The number of carbonyl (C=O) groups is 1. The molecule has 0 aliphatic heterocycles. The van der Waals surface area contributed by atoms with Crippen LogP contribution in [0.3, 0.4) is 0 Å². The number of aromatic amines is 1. The fourth-order valence-electron chi connectivity index (χ4n) is 1.89. The minimum Gasteiger partial charge on any atom is -0.493 e. The van der Waals surface area contributed by atoms with E-state index in [2.05, 4.69) is 4.98 Å². The van der Waals surface area contributed by atoms with Gasteiger partial charge in [0.05, 0.1) is 25.4 Å². The molecule has 1 aromatic heterocycles. The quantitative estimate of drug-likeness (QED) is 0.686. The molecule has 0 aliphatic rings. The highest BCUT2D eigenvalue weighted by Crippen LogP contribution is 2.33. The average Bonchev–Trinajstić information content (AvgIpc) is 2.36. The number of rotatable bonds is 3. The van der Waals surface area contributed by atoms with Crippen molar-refractivity contribution in [3.05, 3.63) is 28.0 Å². The van der Waals surface area contributed by atoms with Crippen LogP contribution in [-0.2, 0) is 0 Å². The number of carbonyl (C=O) groups excluding carboxylic acids is 1. The Morgan fingerprint density at radius 3 is 2.25 bits per heavy atom. The first-order chi connectivity index (χ1) is 8.99. The van der Waals surface area contributed by atoms with Crippen molar-refractivity contribution in [2.75, 3.05) is 20.0 Å². The minimum absolute atomic E-state index is 0. The molecule has 0 unspecified atom stereocenters. The van der Waals surface area contributed by atoms with Crippen molar-refractivity contribution in [3.8, 4) is 11.5 Å². The zero-order chi connectivity index (χ0) is 14.2. The molecule has 8 heteroatoms. The van der Waals surface area contributed by atoms with E-state index in [-0.39, 0.29) is 16.7 Å². The van der Waals surface area contributed by atoms with Gasteiger partial charge < -0.3 is 31.4 Å². The Hall–Kier alpha value is -2.74. The molecular weight excluding hydrogens is 266 g/mol. The summed E-state index contributed by atoms with van der Waals surface area (Å²) in [7, 11) is 2.95. The monoisotopic (exact) mass is 281 g/mol. The molecule has 0 saturated heterocycles. The third kappa shape index (κ3) is 2.24. The fraction of sp³-hybridized carbons (Fsp3) is 0.167. The molecule has 8 nitrogen and oxygen atoms in total. The molecule has 0 bridgehead atoms. The van der Waals surface area contributed by atoms with Gasteiger partial charge in [-0.05, 0) is 6.07 Å². The molecule has 1 heterocycles. The number of nitrogen functional groups attached to an aromatic ring is 1. The van der Waals surface area contributed by atoms with E-state index in [9.17, 15) is 9.59 Å². The molecule has 108 valence electrons. The molecule has 1 amide bonds. The molecule has 7 N–H and O–H groups in total. The number of H-pyrrole nitrogens is 1. The lowest BCUT2D eigenvalue weighted by molar-refractivity contribution is 0.1000. The summed E-state index contributed by atoms with van der Waals surface area (Å²) in [4.78, 5) is 25.5. The predicted molar refractivity (Wildman–Crippen MR) is 74.2 cm³/mol. The summed E-state index contributed by atoms with van der Waals surface area (Å²) < 4.78 is 10.3. The average molecular weight is 281 g/mol. The zero-order valence-electron chi connectivity index (χ0n) is 10.9. The van der Waals surface area contributed by atoms with Crippen molar-refractivity contribution in [3.63, 3.8) is 0 Å². The lowest BCUT2D eigenvalue weighted by Gasteiger charge is -2.11. The maximum Gasteiger partial charge on any atom is 0.263 e. The number of amides is 1. The number of hydrogen-bond acceptors (Lipinski definition) is 5. The van der Waals surface area contributed by atoms with Gasteiger partial charge in [-0.2, -0.15) is 0 Å². The van der Waals surface area contributed by atoms with Crippen LogP contribution in [0.4, 0.5) is 5.69 Å². The number of hydrogen-bond donors (Lipinski definition) is 3. The summed E-state index contributed by atoms with van der Waals surface area (Å²) in [5.74, 6) is -0.00326. The molecule has 0 aliphatic carbocycles. The van der Waals surface area contributed by atoms with Crippen molar-refractivity contribution in [1.29, 1.82) is 0 Å². The van der Waals surface area contributed by atoms with Crippen molar-refractivity contribution >= 4 is 22.5 Å². The van der Waals surface area contributed by atoms with E-state index < -0.39 is 11.5 Å². The van der Waals surface area contributed by atoms with Gasteiger partial charge >= 0.3 is 0 Å². The van der Waals surface area contributed by atoms with Gasteiger partial charge in [0.1, 0.15) is 5.56 Å². The Morgan fingerprint density at radius 2 is 1.75 bits per heavy atom. The Morgan fingerprint density at radius 1 is 1.20 bits per heavy atom. The van der Waals surface area contributed by atoms with Gasteiger partial charge in [0.15, 0.2) is 11.5 Å². The second kappa shape index (κ2) is 5.49. The Kier molecular flexibility index (Phi) is 4.21. The van der Waals surface area contributed by atoms with Crippen LogP contribution in [-0.4, -0.2) is 30.6 Å². The SMILES string of the molecule is COc1cc2[nH]c(=O)c(C(N)=O)c(N)c2cc1OC.O. The van der Waals surface area contributed by atoms with Gasteiger partial charge in [-0.1, -0.05) is 0 Å². The number of fused-ring (bicyclic) bond motifs is 1. The van der Waals surface area contributed by atoms with Crippen LogP contribution in [0.15, 0.2) is 16.9 Å². The van der Waals surface area contributed by atoms with Crippen LogP contribution < -0.4 is 26.5 Å². The topological polar surface area (TPSA) is 152 Å². The number of benzene rings is 1. The number of aromatic nitrogens is 1. The third-order valence-electron chi connectivity index (χ3n) is 2.80. The van der Waals surface area contributed by atoms with Crippen LogP contribution in [0, 0.1) is 0 Å². The van der Waals surface area contributed by atoms with Crippen LogP contribution in [0.25, 0.3) is 10.9 Å². The van der Waals surface area contributed by atoms with Crippen LogP contribution in [0.2, 0.25) is 0 Å². The molecule has 0 atom stereocenters. The highest BCUT2D eigenvalue weighted by atomic mass is 16.5. The predicted octanol–water partition coefficient (Wildman–Crippen LogP) is -0.598. The van der Waals surface area contributed by atoms with E-state index in [0.717, 1.165) is 0 Å². The summed E-state index contributed by atoms with van der Waals surface area (Å²) in [5.41, 5.74) is 10.5. The lowest BCUT2D eigenvalue weighted by atomic mass is 10.1.